The lowest BCUT2D eigenvalue weighted by atomic mass is 10.2. The Morgan fingerprint density at radius 1 is 1.20 bits per heavy atom. The predicted octanol–water partition coefficient (Wildman–Crippen LogP) is 3.65. The van der Waals surface area contributed by atoms with Gasteiger partial charge in [0.25, 0.3) is 5.91 Å². The van der Waals surface area contributed by atoms with Crippen molar-refractivity contribution in [3.05, 3.63) is 42.3 Å². The Hall–Kier alpha value is -2.10. The molecule has 0 aliphatic rings. The lowest BCUT2D eigenvalue weighted by Gasteiger charge is -2.01. The molecule has 4 nitrogen and oxygen atoms in total. The number of carbonyl (C=O) groups is 1. The molecule has 0 atom stereocenters. The average molecular weight is 272 g/mol. The summed E-state index contributed by atoms with van der Waals surface area (Å²) in [4.78, 5) is 16.1. The van der Waals surface area contributed by atoms with Gasteiger partial charge in [0, 0.05) is 12.1 Å². The van der Waals surface area contributed by atoms with Crippen LogP contribution in [0.25, 0.3) is 11.5 Å². The van der Waals surface area contributed by atoms with E-state index in [9.17, 15) is 4.79 Å². The maximum absolute atomic E-state index is 11.9. The van der Waals surface area contributed by atoms with Crippen LogP contribution in [0.4, 0.5) is 0 Å². The van der Waals surface area contributed by atoms with Gasteiger partial charge in [-0.25, -0.2) is 4.98 Å². The molecule has 1 aromatic heterocycles. The molecule has 0 aliphatic heterocycles. The zero-order chi connectivity index (χ0) is 14.2. The third kappa shape index (κ3) is 3.95. The van der Waals surface area contributed by atoms with Gasteiger partial charge in [-0.2, -0.15) is 0 Å². The number of hydrogen-bond acceptors (Lipinski definition) is 3. The fourth-order valence-corrected chi connectivity index (χ4v) is 1.94. The molecule has 1 aromatic carbocycles. The predicted molar refractivity (Wildman–Crippen MR) is 78.4 cm³/mol. The number of aromatic nitrogens is 1. The van der Waals surface area contributed by atoms with Gasteiger partial charge in [-0.1, -0.05) is 44.4 Å². The van der Waals surface area contributed by atoms with Gasteiger partial charge >= 0.3 is 0 Å². The average Bonchev–Trinajstić information content (AvgIpc) is 2.98. The summed E-state index contributed by atoms with van der Waals surface area (Å²) in [5.41, 5.74) is 1.20. The van der Waals surface area contributed by atoms with E-state index in [-0.39, 0.29) is 5.91 Å². The van der Waals surface area contributed by atoms with Crippen molar-refractivity contribution in [2.45, 2.75) is 32.6 Å². The van der Waals surface area contributed by atoms with E-state index in [2.05, 4.69) is 17.2 Å². The molecule has 0 saturated carbocycles. The second-order valence-electron chi connectivity index (χ2n) is 4.72. The van der Waals surface area contributed by atoms with E-state index in [1.165, 1.54) is 19.1 Å². The highest BCUT2D eigenvalue weighted by Gasteiger charge is 2.12. The van der Waals surface area contributed by atoms with E-state index in [0.717, 1.165) is 18.4 Å². The van der Waals surface area contributed by atoms with Gasteiger partial charge < -0.3 is 9.73 Å². The van der Waals surface area contributed by atoms with Gasteiger partial charge in [0.15, 0.2) is 5.69 Å². The van der Waals surface area contributed by atoms with Crippen molar-refractivity contribution in [1.82, 2.24) is 10.3 Å². The zero-order valence-corrected chi connectivity index (χ0v) is 11.8. The van der Waals surface area contributed by atoms with Crippen molar-refractivity contribution in [2.75, 3.05) is 6.54 Å². The van der Waals surface area contributed by atoms with E-state index in [4.69, 9.17) is 4.42 Å². The molecule has 0 radical (unpaired) electrons. The number of rotatable bonds is 7. The molecular weight excluding hydrogens is 252 g/mol. The van der Waals surface area contributed by atoms with E-state index in [1.54, 1.807) is 0 Å². The monoisotopic (exact) mass is 272 g/mol. The first kappa shape index (κ1) is 14.3. The lowest BCUT2D eigenvalue weighted by Crippen LogP contribution is -2.24. The molecular formula is C16H20N2O2. The van der Waals surface area contributed by atoms with Crippen LogP contribution >= 0.6 is 0 Å². The minimum Gasteiger partial charge on any atom is -0.444 e. The zero-order valence-electron chi connectivity index (χ0n) is 11.8. The third-order valence-corrected chi connectivity index (χ3v) is 3.07. The Labute approximate surface area is 119 Å². The molecule has 0 spiro atoms. The first-order chi connectivity index (χ1) is 9.81. The first-order valence-corrected chi connectivity index (χ1v) is 7.10. The molecule has 20 heavy (non-hydrogen) atoms. The number of oxazole rings is 1. The molecule has 4 heteroatoms. The molecule has 0 aliphatic carbocycles. The summed E-state index contributed by atoms with van der Waals surface area (Å²) in [5, 5.41) is 2.86. The summed E-state index contributed by atoms with van der Waals surface area (Å²) < 4.78 is 5.34. The van der Waals surface area contributed by atoms with Crippen LogP contribution in [0, 0.1) is 0 Å². The van der Waals surface area contributed by atoms with Crippen LogP contribution in [0.1, 0.15) is 43.1 Å². The van der Waals surface area contributed by atoms with Crippen molar-refractivity contribution >= 4 is 5.91 Å². The highest BCUT2D eigenvalue weighted by molar-refractivity contribution is 5.92. The molecule has 1 heterocycles. The van der Waals surface area contributed by atoms with E-state index < -0.39 is 0 Å². The maximum atomic E-state index is 11.9. The fraction of sp³-hybridized carbons (Fsp3) is 0.375. The number of carbonyl (C=O) groups excluding carboxylic acids is 1. The third-order valence-electron chi connectivity index (χ3n) is 3.07. The van der Waals surface area contributed by atoms with Crippen LogP contribution in [0.5, 0.6) is 0 Å². The largest absolute Gasteiger partial charge is 0.444 e. The topological polar surface area (TPSA) is 55.1 Å². The Kier molecular flexibility index (Phi) is 5.35. The van der Waals surface area contributed by atoms with Crippen LogP contribution in [-0.4, -0.2) is 17.4 Å². The van der Waals surface area contributed by atoms with Gasteiger partial charge in [0.2, 0.25) is 5.89 Å². The minimum atomic E-state index is -0.174. The molecule has 0 bridgehead atoms. The van der Waals surface area contributed by atoms with Crippen molar-refractivity contribution in [3.63, 3.8) is 0 Å². The van der Waals surface area contributed by atoms with Crippen molar-refractivity contribution in [2.24, 2.45) is 0 Å². The second kappa shape index (κ2) is 7.48. The highest BCUT2D eigenvalue weighted by Crippen LogP contribution is 2.17. The number of hydrogen-bond donors (Lipinski definition) is 1. The molecule has 1 N–H and O–H groups in total. The van der Waals surface area contributed by atoms with Crippen molar-refractivity contribution < 1.29 is 9.21 Å². The van der Waals surface area contributed by atoms with Crippen molar-refractivity contribution in [1.29, 1.82) is 0 Å². The number of nitrogens with one attached hydrogen (secondary N) is 1. The Morgan fingerprint density at radius 2 is 2.00 bits per heavy atom. The van der Waals surface area contributed by atoms with Crippen LogP contribution in [0.15, 0.2) is 41.0 Å². The van der Waals surface area contributed by atoms with E-state index in [0.29, 0.717) is 18.1 Å². The smallest absolute Gasteiger partial charge is 0.273 e. The number of unbranched alkanes of at least 4 members (excludes halogenated alkanes) is 3. The summed E-state index contributed by atoms with van der Waals surface area (Å²) in [6.07, 6.45) is 5.95. The van der Waals surface area contributed by atoms with Gasteiger partial charge in [-0.3, -0.25) is 4.79 Å². The normalized spacial score (nSPS) is 10.4. The van der Waals surface area contributed by atoms with Gasteiger partial charge in [-0.05, 0) is 18.6 Å². The molecule has 2 rings (SSSR count). The number of benzene rings is 1. The standard InChI is InChI=1S/C16H20N2O2/c1-2-3-4-8-11-17-15(19)14-12-20-16(18-14)13-9-6-5-7-10-13/h5-7,9-10,12H,2-4,8,11H2,1H3,(H,17,19). The molecule has 0 unspecified atom stereocenters. The van der Waals surface area contributed by atoms with E-state index in [1.807, 2.05) is 30.3 Å². The van der Waals surface area contributed by atoms with Crippen LogP contribution in [0.3, 0.4) is 0 Å². The van der Waals surface area contributed by atoms with Gasteiger partial charge in [0.05, 0.1) is 0 Å². The SMILES string of the molecule is CCCCCCNC(=O)c1coc(-c2ccccc2)n1. The Balaban J connectivity index is 1.87. The molecule has 1 amide bonds. The summed E-state index contributed by atoms with van der Waals surface area (Å²) in [6.45, 7) is 2.85. The first-order valence-electron chi connectivity index (χ1n) is 7.10. The molecule has 0 saturated heterocycles. The van der Waals surface area contributed by atoms with E-state index >= 15 is 0 Å². The fourth-order valence-electron chi connectivity index (χ4n) is 1.94. The maximum Gasteiger partial charge on any atom is 0.273 e. The van der Waals surface area contributed by atoms with Crippen molar-refractivity contribution in [3.8, 4) is 11.5 Å². The molecule has 2 aromatic rings. The second-order valence-corrected chi connectivity index (χ2v) is 4.72. The molecule has 0 fully saturated rings. The van der Waals surface area contributed by atoms with Crippen LogP contribution in [-0.2, 0) is 0 Å². The summed E-state index contributed by atoms with van der Waals surface area (Å²) in [5.74, 6) is 0.300. The summed E-state index contributed by atoms with van der Waals surface area (Å²) >= 11 is 0. The number of amides is 1. The van der Waals surface area contributed by atoms with Crippen LogP contribution < -0.4 is 5.32 Å². The summed E-state index contributed by atoms with van der Waals surface area (Å²) in [7, 11) is 0. The molecule has 106 valence electrons. The summed E-state index contributed by atoms with van der Waals surface area (Å²) in [6, 6.07) is 9.55. The quantitative estimate of drug-likeness (QED) is 0.783. The van der Waals surface area contributed by atoms with Gasteiger partial charge in [0.1, 0.15) is 6.26 Å². The minimum absolute atomic E-state index is 0.174. The Bertz CT molecular complexity index is 534. The lowest BCUT2D eigenvalue weighted by molar-refractivity contribution is 0.0948. The highest BCUT2D eigenvalue weighted by atomic mass is 16.3. The van der Waals surface area contributed by atoms with Crippen LogP contribution in [0.2, 0.25) is 0 Å². The van der Waals surface area contributed by atoms with Gasteiger partial charge in [-0.15, -0.1) is 0 Å². The number of nitrogens with zero attached hydrogens (tertiary/aromatic N) is 1. The Morgan fingerprint density at radius 3 is 2.75 bits per heavy atom.